The van der Waals surface area contributed by atoms with Crippen LogP contribution >= 0.6 is 0 Å². The van der Waals surface area contributed by atoms with Crippen LogP contribution in [0.3, 0.4) is 0 Å². The Labute approximate surface area is 108 Å². The second-order valence-electron chi connectivity index (χ2n) is 4.67. The van der Waals surface area contributed by atoms with E-state index in [0.29, 0.717) is 18.3 Å². The fourth-order valence-electron chi connectivity index (χ4n) is 2.20. The van der Waals surface area contributed by atoms with Crippen LogP contribution in [0.1, 0.15) is 18.4 Å². The Kier molecular flexibility index (Phi) is 4.84. The van der Waals surface area contributed by atoms with Crippen LogP contribution in [0.5, 0.6) is 11.5 Å². The number of hydrogen-bond donors (Lipinski definition) is 2. The molecule has 4 heteroatoms. The highest BCUT2D eigenvalue weighted by Gasteiger charge is 2.14. The number of aliphatic hydroxyl groups excluding tert-OH is 1. The molecule has 2 rings (SSSR count). The maximum Gasteiger partial charge on any atom is 0.161 e. The average molecular weight is 251 g/mol. The number of piperidine rings is 1. The van der Waals surface area contributed by atoms with Gasteiger partial charge in [-0.1, -0.05) is 6.07 Å². The molecule has 1 unspecified atom stereocenters. The van der Waals surface area contributed by atoms with E-state index in [0.717, 1.165) is 24.4 Å². The van der Waals surface area contributed by atoms with E-state index in [4.69, 9.17) is 14.6 Å². The van der Waals surface area contributed by atoms with Crippen molar-refractivity contribution < 1.29 is 14.6 Å². The van der Waals surface area contributed by atoms with Crippen molar-refractivity contribution in [2.45, 2.75) is 19.4 Å². The molecule has 100 valence electrons. The van der Waals surface area contributed by atoms with E-state index in [1.165, 1.54) is 12.8 Å². The number of benzene rings is 1. The van der Waals surface area contributed by atoms with Crippen molar-refractivity contribution in [3.05, 3.63) is 23.8 Å². The molecule has 1 heterocycles. The van der Waals surface area contributed by atoms with E-state index in [1.807, 2.05) is 18.2 Å². The molecule has 1 aromatic carbocycles. The van der Waals surface area contributed by atoms with Crippen molar-refractivity contribution in [3.8, 4) is 11.5 Å². The molecule has 1 aromatic rings. The number of hydrogen-bond acceptors (Lipinski definition) is 4. The molecule has 0 spiro atoms. The minimum absolute atomic E-state index is 0.0170. The summed E-state index contributed by atoms with van der Waals surface area (Å²) < 4.78 is 11.1. The van der Waals surface area contributed by atoms with Crippen LogP contribution < -0.4 is 14.8 Å². The molecule has 1 aliphatic rings. The van der Waals surface area contributed by atoms with Gasteiger partial charge in [0, 0.05) is 12.5 Å². The molecule has 0 bridgehead atoms. The molecule has 0 aliphatic carbocycles. The van der Waals surface area contributed by atoms with E-state index in [-0.39, 0.29) is 6.61 Å². The summed E-state index contributed by atoms with van der Waals surface area (Å²) in [5.41, 5.74) is 0.832. The highest BCUT2D eigenvalue weighted by atomic mass is 16.5. The Bertz CT molecular complexity index is 375. The Hall–Kier alpha value is -1.26. The summed E-state index contributed by atoms with van der Waals surface area (Å²) in [5, 5.41) is 12.5. The summed E-state index contributed by atoms with van der Waals surface area (Å²) in [7, 11) is 1.62. The van der Waals surface area contributed by atoms with Crippen LogP contribution in [0.25, 0.3) is 0 Å². The van der Waals surface area contributed by atoms with Gasteiger partial charge in [0.25, 0.3) is 0 Å². The molecule has 4 nitrogen and oxygen atoms in total. The molecule has 1 aliphatic heterocycles. The van der Waals surface area contributed by atoms with Crippen molar-refractivity contribution in [2.75, 3.05) is 26.8 Å². The monoisotopic (exact) mass is 251 g/mol. The second-order valence-corrected chi connectivity index (χ2v) is 4.67. The van der Waals surface area contributed by atoms with Gasteiger partial charge in [0.05, 0.1) is 20.3 Å². The van der Waals surface area contributed by atoms with Crippen LogP contribution in [-0.2, 0) is 6.61 Å². The molecule has 0 amide bonds. The van der Waals surface area contributed by atoms with E-state index < -0.39 is 0 Å². The molecule has 1 fully saturated rings. The first-order chi connectivity index (χ1) is 8.83. The van der Waals surface area contributed by atoms with Gasteiger partial charge in [-0.3, -0.25) is 0 Å². The number of rotatable bonds is 5. The van der Waals surface area contributed by atoms with Gasteiger partial charge in [-0.15, -0.1) is 0 Å². The van der Waals surface area contributed by atoms with Crippen LogP contribution in [0.15, 0.2) is 18.2 Å². The van der Waals surface area contributed by atoms with E-state index in [1.54, 1.807) is 7.11 Å². The number of aliphatic hydroxyl groups is 1. The normalized spacial score (nSPS) is 19.6. The fraction of sp³-hybridized carbons (Fsp3) is 0.571. The van der Waals surface area contributed by atoms with E-state index >= 15 is 0 Å². The fourth-order valence-corrected chi connectivity index (χ4v) is 2.20. The molecule has 1 saturated heterocycles. The predicted octanol–water partition coefficient (Wildman–Crippen LogP) is 1.57. The lowest BCUT2D eigenvalue weighted by Crippen LogP contribution is -2.33. The lowest BCUT2D eigenvalue weighted by atomic mass is 10.0. The Morgan fingerprint density at radius 1 is 1.39 bits per heavy atom. The maximum atomic E-state index is 9.08. The quantitative estimate of drug-likeness (QED) is 0.834. The third-order valence-electron chi connectivity index (χ3n) is 3.28. The topological polar surface area (TPSA) is 50.7 Å². The zero-order valence-corrected chi connectivity index (χ0v) is 10.8. The summed E-state index contributed by atoms with van der Waals surface area (Å²) in [6, 6.07) is 5.53. The van der Waals surface area contributed by atoms with Crippen molar-refractivity contribution in [1.82, 2.24) is 5.32 Å². The Morgan fingerprint density at radius 2 is 2.28 bits per heavy atom. The molecule has 0 radical (unpaired) electrons. The molecule has 18 heavy (non-hydrogen) atoms. The van der Waals surface area contributed by atoms with Crippen LogP contribution in [-0.4, -0.2) is 31.9 Å². The van der Waals surface area contributed by atoms with Gasteiger partial charge in [0.2, 0.25) is 0 Å². The predicted molar refractivity (Wildman–Crippen MR) is 70.0 cm³/mol. The minimum Gasteiger partial charge on any atom is -0.493 e. The van der Waals surface area contributed by atoms with Gasteiger partial charge in [0.15, 0.2) is 11.5 Å². The first kappa shape index (κ1) is 13.2. The second kappa shape index (κ2) is 6.61. The summed E-state index contributed by atoms with van der Waals surface area (Å²) in [6.07, 6.45) is 2.43. The molecule has 0 aromatic heterocycles. The SMILES string of the molecule is COc1cc(CO)ccc1OCC1CCCNC1. The zero-order valence-electron chi connectivity index (χ0n) is 10.8. The van der Waals surface area contributed by atoms with E-state index in [9.17, 15) is 0 Å². The number of ether oxygens (including phenoxy) is 2. The summed E-state index contributed by atoms with van der Waals surface area (Å²) >= 11 is 0. The van der Waals surface area contributed by atoms with E-state index in [2.05, 4.69) is 5.32 Å². The molecular formula is C14H21NO3. The highest BCUT2D eigenvalue weighted by Crippen LogP contribution is 2.28. The average Bonchev–Trinajstić information content (AvgIpc) is 2.46. The van der Waals surface area contributed by atoms with Gasteiger partial charge in [-0.2, -0.15) is 0 Å². The summed E-state index contributed by atoms with van der Waals surface area (Å²) in [5.74, 6) is 2.01. The number of nitrogens with one attached hydrogen (secondary N) is 1. The molecular weight excluding hydrogens is 230 g/mol. The van der Waals surface area contributed by atoms with Gasteiger partial charge < -0.3 is 19.9 Å². The third kappa shape index (κ3) is 3.37. The van der Waals surface area contributed by atoms with Gasteiger partial charge in [-0.25, -0.2) is 0 Å². The lowest BCUT2D eigenvalue weighted by Gasteiger charge is -2.23. The van der Waals surface area contributed by atoms with Crippen molar-refractivity contribution in [1.29, 1.82) is 0 Å². The largest absolute Gasteiger partial charge is 0.493 e. The minimum atomic E-state index is 0.0170. The standard InChI is InChI=1S/C14H21NO3/c1-17-14-7-11(9-16)4-5-13(14)18-10-12-3-2-6-15-8-12/h4-5,7,12,15-16H,2-3,6,8-10H2,1H3. The van der Waals surface area contributed by atoms with Crippen molar-refractivity contribution in [2.24, 2.45) is 5.92 Å². The first-order valence-electron chi connectivity index (χ1n) is 6.44. The molecule has 0 saturated carbocycles. The van der Waals surface area contributed by atoms with Crippen molar-refractivity contribution >= 4 is 0 Å². The van der Waals surface area contributed by atoms with Gasteiger partial charge in [0.1, 0.15) is 0 Å². The maximum absolute atomic E-state index is 9.08. The zero-order chi connectivity index (χ0) is 12.8. The van der Waals surface area contributed by atoms with Crippen molar-refractivity contribution in [3.63, 3.8) is 0 Å². The summed E-state index contributed by atoms with van der Waals surface area (Å²) in [4.78, 5) is 0. The highest BCUT2D eigenvalue weighted by molar-refractivity contribution is 5.42. The summed E-state index contributed by atoms with van der Waals surface area (Å²) in [6.45, 7) is 2.87. The molecule has 2 N–H and O–H groups in total. The van der Waals surface area contributed by atoms with Crippen LogP contribution in [0.2, 0.25) is 0 Å². The Morgan fingerprint density at radius 3 is 2.94 bits per heavy atom. The van der Waals surface area contributed by atoms with Crippen LogP contribution in [0.4, 0.5) is 0 Å². The number of methoxy groups -OCH3 is 1. The first-order valence-corrected chi connectivity index (χ1v) is 6.44. The smallest absolute Gasteiger partial charge is 0.161 e. The Balaban J connectivity index is 1.95. The van der Waals surface area contributed by atoms with Gasteiger partial charge >= 0.3 is 0 Å². The molecule has 1 atom stereocenters. The van der Waals surface area contributed by atoms with Gasteiger partial charge in [-0.05, 0) is 37.1 Å². The van der Waals surface area contributed by atoms with Crippen LogP contribution in [0, 0.1) is 5.92 Å². The third-order valence-corrected chi connectivity index (χ3v) is 3.28. The lowest BCUT2D eigenvalue weighted by molar-refractivity contribution is 0.211.